The van der Waals surface area contributed by atoms with Gasteiger partial charge in [-0.1, -0.05) is 6.07 Å². The molecule has 1 aliphatic heterocycles. The van der Waals surface area contributed by atoms with Crippen molar-refractivity contribution in [2.24, 2.45) is 0 Å². The maximum atomic E-state index is 14.7. The first-order chi connectivity index (χ1) is 16.9. The molecule has 0 amide bonds. The van der Waals surface area contributed by atoms with Crippen LogP contribution in [0.4, 0.5) is 27.6 Å². The average Bonchev–Trinajstić information content (AvgIpc) is 3.11. The summed E-state index contributed by atoms with van der Waals surface area (Å²) in [5, 5.41) is 14.7. The maximum Gasteiger partial charge on any atom is 0.417 e. The molecule has 0 saturated carbocycles. The van der Waals surface area contributed by atoms with Crippen LogP contribution in [0.5, 0.6) is 0 Å². The SMILES string of the molecule is N#Cc1ccc(CO[C@H]2CN(c3cc(-c4c[nH]c(=O)[nH]c4=O)n[nH]c3=O)CC2(F)F)cc1C(F)(F)F. The largest absolute Gasteiger partial charge is 0.417 e. The number of ether oxygens (including phenoxy) is 1. The predicted molar refractivity (Wildman–Crippen MR) is 113 cm³/mol. The van der Waals surface area contributed by atoms with Crippen LogP contribution in [-0.2, 0) is 17.5 Å². The molecule has 10 nitrogen and oxygen atoms in total. The molecule has 0 radical (unpaired) electrons. The number of nitrogens with one attached hydrogen (secondary N) is 3. The Hall–Kier alpha value is -4.32. The Bertz CT molecular complexity index is 1520. The lowest BCUT2D eigenvalue weighted by Gasteiger charge is -2.18. The number of hydrogen-bond acceptors (Lipinski definition) is 7. The Morgan fingerprint density at radius 2 is 1.94 bits per heavy atom. The lowest BCUT2D eigenvalue weighted by atomic mass is 10.0. The number of rotatable bonds is 5. The van der Waals surface area contributed by atoms with Crippen molar-refractivity contribution in [3.8, 4) is 17.3 Å². The van der Waals surface area contributed by atoms with Gasteiger partial charge in [-0.05, 0) is 23.8 Å². The molecule has 0 unspecified atom stereocenters. The number of aromatic nitrogens is 4. The smallest absolute Gasteiger partial charge is 0.365 e. The van der Waals surface area contributed by atoms with Crippen LogP contribution in [0, 0.1) is 11.3 Å². The van der Waals surface area contributed by atoms with Crippen LogP contribution in [0.25, 0.3) is 11.3 Å². The second-order valence-electron chi connectivity index (χ2n) is 7.88. The van der Waals surface area contributed by atoms with E-state index < -0.39 is 65.8 Å². The second kappa shape index (κ2) is 9.04. The summed E-state index contributed by atoms with van der Waals surface area (Å²) in [5.41, 5.74) is -4.82. The van der Waals surface area contributed by atoms with Crippen LogP contribution < -0.4 is 21.7 Å². The van der Waals surface area contributed by atoms with E-state index in [1.165, 1.54) is 12.1 Å². The number of nitrogens with zero attached hydrogens (tertiary/aromatic N) is 3. The summed E-state index contributed by atoms with van der Waals surface area (Å²) < 4.78 is 74.1. The summed E-state index contributed by atoms with van der Waals surface area (Å²) in [5.74, 6) is -3.48. The van der Waals surface area contributed by atoms with E-state index in [9.17, 15) is 36.3 Å². The Labute approximate surface area is 197 Å². The van der Waals surface area contributed by atoms with Crippen molar-refractivity contribution in [1.82, 2.24) is 20.2 Å². The number of H-pyrrole nitrogens is 3. The van der Waals surface area contributed by atoms with Gasteiger partial charge in [0.05, 0.1) is 48.1 Å². The van der Waals surface area contributed by atoms with Crippen molar-refractivity contribution in [1.29, 1.82) is 5.26 Å². The summed E-state index contributed by atoms with van der Waals surface area (Å²) in [4.78, 5) is 40.7. The first kappa shape index (κ1) is 24.8. The molecule has 3 heterocycles. The molecular formula is C21H15F5N6O4. The quantitative estimate of drug-likeness (QED) is 0.443. The molecule has 0 aliphatic carbocycles. The molecule has 1 aromatic carbocycles. The van der Waals surface area contributed by atoms with Crippen LogP contribution in [-0.4, -0.2) is 45.3 Å². The van der Waals surface area contributed by atoms with Gasteiger partial charge < -0.3 is 14.6 Å². The van der Waals surface area contributed by atoms with Gasteiger partial charge >= 0.3 is 11.9 Å². The Kier molecular flexibility index (Phi) is 6.23. The fourth-order valence-corrected chi connectivity index (χ4v) is 3.69. The number of alkyl halides is 5. The minimum atomic E-state index is -4.82. The van der Waals surface area contributed by atoms with E-state index in [1.807, 2.05) is 4.98 Å². The first-order valence-electron chi connectivity index (χ1n) is 10.2. The van der Waals surface area contributed by atoms with Crippen molar-refractivity contribution >= 4 is 5.69 Å². The summed E-state index contributed by atoms with van der Waals surface area (Å²) in [6, 6.07) is 5.27. The maximum absolute atomic E-state index is 14.7. The number of aromatic amines is 3. The minimum Gasteiger partial charge on any atom is -0.365 e. The average molecular weight is 510 g/mol. The highest BCUT2D eigenvalue weighted by Crippen LogP contribution is 2.35. The Balaban J connectivity index is 1.56. The molecule has 1 aliphatic rings. The summed E-state index contributed by atoms with van der Waals surface area (Å²) in [6.45, 7) is -2.05. The Morgan fingerprint density at radius 3 is 2.61 bits per heavy atom. The van der Waals surface area contributed by atoms with Gasteiger partial charge in [0.2, 0.25) is 0 Å². The normalized spacial score (nSPS) is 17.2. The molecule has 3 aromatic rings. The highest BCUT2D eigenvalue weighted by molar-refractivity contribution is 5.62. The van der Waals surface area contributed by atoms with E-state index in [-0.39, 0.29) is 22.5 Å². The lowest BCUT2D eigenvalue weighted by molar-refractivity contribution is -0.138. The zero-order chi connectivity index (χ0) is 26.3. The molecule has 2 aromatic heterocycles. The number of benzene rings is 1. The van der Waals surface area contributed by atoms with Crippen LogP contribution in [0.3, 0.4) is 0 Å². The van der Waals surface area contributed by atoms with Crippen LogP contribution in [0.1, 0.15) is 16.7 Å². The van der Waals surface area contributed by atoms with Crippen LogP contribution in [0.15, 0.2) is 44.8 Å². The van der Waals surface area contributed by atoms with E-state index in [4.69, 9.17) is 10.00 Å². The van der Waals surface area contributed by atoms with E-state index in [2.05, 4.69) is 15.2 Å². The topological polar surface area (TPSA) is 148 Å². The number of hydrogen-bond donors (Lipinski definition) is 3. The highest BCUT2D eigenvalue weighted by atomic mass is 19.4. The molecule has 4 rings (SSSR count). The molecular weight excluding hydrogens is 495 g/mol. The first-order valence-corrected chi connectivity index (χ1v) is 10.2. The van der Waals surface area contributed by atoms with Crippen molar-refractivity contribution in [3.05, 3.63) is 78.3 Å². The zero-order valence-electron chi connectivity index (χ0n) is 17.9. The molecule has 188 valence electrons. The van der Waals surface area contributed by atoms with Crippen molar-refractivity contribution in [2.75, 3.05) is 18.0 Å². The van der Waals surface area contributed by atoms with Crippen molar-refractivity contribution in [2.45, 2.75) is 24.8 Å². The third-order valence-electron chi connectivity index (χ3n) is 5.44. The van der Waals surface area contributed by atoms with Gasteiger partial charge in [0, 0.05) is 6.20 Å². The van der Waals surface area contributed by atoms with Crippen LogP contribution in [0.2, 0.25) is 0 Å². The second-order valence-corrected chi connectivity index (χ2v) is 7.88. The standard InChI is InChI=1S/C21H15F5N6O4/c22-20(23)9-32(15-4-14(30-31-18(15)34)12-6-28-19(35)29-17(12)33)7-16(20)36-8-10-1-2-11(5-27)13(3-10)21(24,25)26/h1-4,6,16H,7-9H2,(H,31,34)(H2,28,29,33,35)/t16-/m0/s1. The summed E-state index contributed by atoms with van der Waals surface area (Å²) in [7, 11) is 0. The molecule has 1 atom stereocenters. The summed E-state index contributed by atoms with van der Waals surface area (Å²) >= 11 is 0. The van der Waals surface area contributed by atoms with Gasteiger partial charge in [-0.25, -0.2) is 18.7 Å². The zero-order valence-corrected chi connectivity index (χ0v) is 17.9. The number of halogens is 5. The van der Waals surface area contributed by atoms with E-state index in [0.717, 1.165) is 23.2 Å². The van der Waals surface area contributed by atoms with Gasteiger partial charge in [0.1, 0.15) is 11.8 Å². The number of anilines is 1. The molecule has 0 spiro atoms. The lowest BCUT2D eigenvalue weighted by Crippen LogP contribution is -2.34. The summed E-state index contributed by atoms with van der Waals surface area (Å²) in [6.07, 6.45) is -5.55. The minimum absolute atomic E-state index is 0.0723. The van der Waals surface area contributed by atoms with Gasteiger partial charge in [0.25, 0.3) is 17.0 Å². The fourth-order valence-electron chi connectivity index (χ4n) is 3.69. The van der Waals surface area contributed by atoms with E-state index in [0.29, 0.717) is 6.07 Å². The van der Waals surface area contributed by atoms with E-state index in [1.54, 1.807) is 0 Å². The Morgan fingerprint density at radius 1 is 1.19 bits per heavy atom. The monoisotopic (exact) mass is 510 g/mol. The molecule has 36 heavy (non-hydrogen) atoms. The van der Waals surface area contributed by atoms with Gasteiger partial charge in [-0.3, -0.25) is 14.6 Å². The number of nitriles is 1. The highest BCUT2D eigenvalue weighted by Gasteiger charge is 2.49. The van der Waals surface area contributed by atoms with Crippen LogP contribution >= 0.6 is 0 Å². The molecule has 0 bridgehead atoms. The molecule has 15 heteroatoms. The molecule has 3 N–H and O–H groups in total. The van der Waals surface area contributed by atoms with Crippen molar-refractivity contribution < 1.29 is 26.7 Å². The molecule has 1 fully saturated rings. The predicted octanol–water partition coefficient (Wildman–Crippen LogP) is 1.74. The van der Waals surface area contributed by atoms with Crippen molar-refractivity contribution in [3.63, 3.8) is 0 Å². The third kappa shape index (κ3) is 4.89. The fraction of sp³-hybridized carbons (Fsp3) is 0.286. The van der Waals surface area contributed by atoms with Gasteiger partial charge in [-0.15, -0.1) is 0 Å². The van der Waals surface area contributed by atoms with Gasteiger partial charge in [0.15, 0.2) is 0 Å². The van der Waals surface area contributed by atoms with Gasteiger partial charge in [-0.2, -0.15) is 23.5 Å². The third-order valence-corrected chi connectivity index (χ3v) is 5.44. The molecule has 1 saturated heterocycles. The van der Waals surface area contributed by atoms with E-state index >= 15 is 0 Å².